The minimum Gasteiger partial charge on any atom is -0.411 e. The van der Waals surface area contributed by atoms with Crippen LogP contribution < -0.4 is 11.2 Å². The number of hydrogen-bond acceptors (Lipinski definition) is 8. The Bertz CT molecular complexity index is 1320. The number of alkyl halides is 3. The normalized spacial score (nSPS) is 20.5. The zero-order valence-electron chi connectivity index (χ0n) is 31.2. The van der Waals surface area contributed by atoms with Gasteiger partial charge in [-0.1, -0.05) is 85.0 Å². The Morgan fingerprint density at radius 3 is 2.02 bits per heavy atom. The number of phosphoric acid groups is 1. The van der Waals surface area contributed by atoms with E-state index in [4.69, 9.17) is 22.9 Å². The van der Waals surface area contributed by atoms with Crippen molar-refractivity contribution in [3.05, 3.63) is 32.9 Å². The Morgan fingerprint density at radius 2 is 1.47 bits per heavy atom. The molecule has 17 heteroatoms. The highest BCUT2D eigenvalue weighted by molar-refractivity contribution is 7.47. The number of rotatable bonds is 25. The van der Waals surface area contributed by atoms with E-state index in [1.165, 1.54) is 6.92 Å². The number of nitrogens with one attached hydrogen (secondary N) is 1. The smallest absolute Gasteiger partial charge is 0.411 e. The Morgan fingerprint density at radius 1 is 0.941 bits per heavy atom. The zero-order valence-corrected chi connectivity index (χ0v) is 33.1. The highest BCUT2D eigenvalue weighted by Crippen LogP contribution is 2.48. The van der Waals surface area contributed by atoms with Gasteiger partial charge in [-0.3, -0.25) is 23.4 Å². The van der Waals surface area contributed by atoms with E-state index in [0.717, 1.165) is 75.0 Å². The van der Waals surface area contributed by atoms with Crippen LogP contribution in [-0.4, -0.2) is 67.1 Å². The Balaban J connectivity index is 1.66. The molecule has 1 aromatic heterocycles. The molecule has 2 rings (SSSR count). The number of hydrogen-bond donors (Lipinski definition) is 2. The predicted molar refractivity (Wildman–Crippen MR) is 190 cm³/mol. The van der Waals surface area contributed by atoms with Crippen molar-refractivity contribution in [1.29, 1.82) is 0 Å². The molecule has 0 bridgehead atoms. The van der Waals surface area contributed by atoms with Crippen LogP contribution in [0.15, 0.2) is 15.8 Å². The summed E-state index contributed by atoms with van der Waals surface area (Å²) in [5.41, 5.74) is -2.00. The lowest BCUT2D eigenvalue weighted by Gasteiger charge is -2.40. The first-order chi connectivity index (χ1) is 23.7. The van der Waals surface area contributed by atoms with Gasteiger partial charge in [0.15, 0.2) is 8.32 Å². The van der Waals surface area contributed by atoms with Crippen LogP contribution in [0.25, 0.3) is 0 Å². The van der Waals surface area contributed by atoms with Crippen LogP contribution in [0.2, 0.25) is 18.1 Å². The maximum atomic E-state index is 14.1. The molecule has 11 nitrogen and oxygen atoms in total. The lowest BCUT2D eigenvalue weighted by Crippen LogP contribution is -2.48. The molecule has 1 fully saturated rings. The van der Waals surface area contributed by atoms with Gasteiger partial charge < -0.3 is 18.8 Å². The van der Waals surface area contributed by atoms with Gasteiger partial charge in [-0.15, -0.1) is 0 Å². The zero-order chi connectivity index (χ0) is 38.3. The summed E-state index contributed by atoms with van der Waals surface area (Å²) < 4.78 is 93.1. The summed E-state index contributed by atoms with van der Waals surface area (Å²) >= 11 is 0. The van der Waals surface area contributed by atoms with E-state index < -0.39 is 70.3 Å². The van der Waals surface area contributed by atoms with Crippen molar-refractivity contribution in [2.45, 2.75) is 173 Å². The minimum absolute atomic E-state index is 0.0713. The molecular weight excluding hydrogens is 715 g/mol. The molecule has 4 unspecified atom stereocenters. The van der Waals surface area contributed by atoms with Gasteiger partial charge in [-0.25, -0.2) is 9.36 Å². The van der Waals surface area contributed by atoms with Crippen molar-refractivity contribution in [2.24, 2.45) is 0 Å². The standard InChI is InChI=1S/C34H61F4N2O9PSi/c1-26(30-28(49-51(5,6)33(2,3)4)24-29(47-30)40-25-27(35)31(41)39-32(40)42)48-50(43,44)46-23-19-22-45-21-18-16-14-12-10-8-7-9-11-13-15-17-20-34(36,37)38/h25-26,28-30H,7-24H2,1-6H3,(H,43,44)(H,39,41,42)/t26-,28?,29?,30?/m1/s1. The van der Waals surface area contributed by atoms with Crippen LogP contribution >= 0.6 is 7.82 Å². The summed E-state index contributed by atoms with van der Waals surface area (Å²) in [6.45, 7) is 12.6. The molecule has 298 valence electrons. The Hall–Kier alpha value is -1.39. The number of ether oxygens (including phenoxy) is 2. The van der Waals surface area contributed by atoms with E-state index in [1.54, 1.807) is 0 Å². The van der Waals surface area contributed by atoms with Crippen molar-refractivity contribution in [3.8, 4) is 0 Å². The molecule has 2 N–H and O–H groups in total. The predicted octanol–water partition coefficient (Wildman–Crippen LogP) is 8.92. The molecule has 0 aromatic carbocycles. The molecule has 1 saturated heterocycles. The number of nitrogens with zero attached hydrogens (tertiary/aromatic N) is 1. The molecule has 0 amide bonds. The number of unbranched alkanes of at least 4 members (excludes halogenated alkanes) is 11. The fourth-order valence-electron chi connectivity index (χ4n) is 5.64. The summed E-state index contributed by atoms with van der Waals surface area (Å²) in [6, 6.07) is 0. The molecule has 1 aromatic rings. The van der Waals surface area contributed by atoms with Gasteiger partial charge in [0, 0.05) is 26.1 Å². The monoisotopic (exact) mass is 776 g/mol. The quantitative estimate of drug-likeness (QED) is 0.0432. The third kappa shape index (κ3) is 17.5. The summed E-state index contributed by atoms with van der Waals surface area (Å²) in [4.78, 5) is 36.4. The van der Waals surface area contributed by atoms with Crippen molar-refractivity contribution >= 4 is 16.1 Å². The molecule has 5 atom stereocenters. The molecule has 0 radical (unpaired) electrons. The second-order valence-corrected chi connectivity index (χ2v) is 21.2. The van der Waals surface area contributed by atoms with Crippen LogP contribution in [0, 0.1) is 5.82 Å². The van der Waals surface area contributed by atoms with E-state index in [-0.39, 0.29) is 24.5 Å². The van der Waals surface area contributed by atoms with Gasteiger partial charge in [0.2, 0.25) is 5.82 Å². The average molecular weight is 777 g/mol. The third-order valence-electron chi connectivity index (χ3n) is 9.55. The molecule has 51 heavy (non-hydrogen) atoms. The van der Waals surface area contributed by atoms with Crippen LogP contribution in [-0.2, 0) is 27.5 Å². The largest absolute Gasteiger partial charge is 0.472 e. The van der Waals surface area contributed by atoms with Crippen molar-refractivity contribution < 1.29 is 50.0 Å². The van der Waals surface area contributed by atoms with Crippen molar-refractivity contribution in [3.63, 3.8) is 0 Å². The Kier molecular flexibility index (Phi) is 19.3. The van der Waals surface area contributed by atoms with E-state index in [1.807, 2.05) is 18.1 Å². The second-order valence-electron chi connectivity index (χ2n) is 15.0. The lowest BCUT2D eigenvalue weighted by atomic mass is 10.0. The van der Waals surface area contributed by atoms with Crippen LogP contribution in [0.4, 0.5) is 17.6 Å². The maximum Gasteiger partial charge on any atom is 0.472 e. The number of aromatic nitrogens is 2. The van der Waals surface area contributed by atoms with Crippen molar-refractivity contribution in [2.75, 3.05) is 19.8 Å². The van der Waals surface area contributed by atoms with E-state index in [0.29, 0.717) is 26.1 Å². The summed E-state index contributed by atoms with van der Waals surface area (Å²) in [5.74, 6) is -1.15. The number of H-pyrrole nitrogens is 1. The van der Waals surface area contributed by atoms with Crippen molar-refractivity contribution in [1.82, 2.24) is 9.55 Å². The highest BCUT2D eigenvalue weighted by Gasteiger charge is 2.48. The SMILES string of the molecule is C[C@@H](OP(=O)(O)OCCCOCCCCCCCCCCCCCCC(F)(F)F)C1OC(n2cc(F)c(=O)[nH]c2=O)CC1O[Si](C)(C)C(C)(C)C. The van der Waals surface area contributed by atoms with Gasteiger partial charge in [0.1, 0.15) is 12.3 Å². The fraction of sp³-hybridized carbons (Fsp3) is 0.882. The highest BCUT2D eigenvalue weighted by atomic mass is 31.2. The first kappa shape index (κ1) is 45.8. The lowest BCUT2D eigenvalue weighted by molar-refractivity contribution is -0.135. The van der Waals surface area contributed by atoms with Gasteiger partial charge >= 0.3 is 19.7 Å². The molecule has 1 aliphatic heterocycles. The van der Waals surface area contributed by atoms with Gasteiger partial charge in [0.25, 0.3) is 5.56 Å². The van der Waals surface area contributed by atoms with Crippen LogP contribution in [0.1, 0.15) is 130 Å². The summed E-state index contributed by atoms with van der Waals surface area (Å²) in [5, 5.41) is -0.185. The van der Waals surface area contributed by atoms with E-state index in [2.05, 4.69) is 20.8 Å². The van der Waals surface area contributed by atoms with E-state index in [9.17, 15) is 36.6 Å². The van der Waals surface area contributed by atoms with Gasteiger partial charge in [-0.2, -0.15) is 17.6 Å². The minimum atomic E-state index is -4.52. The fourth-order valence-corrected chi connectivity index (χ4v) is 7.94. The van der Waals surface area contributed by atoms with Crippen LogP contribution in [0.3, 0.4) is 0 Å². The molecule has 0 spiro atoms. The molecule has 2 heterocycles. The number of phosphoric ester groups is 1. The third-order valence-corrected chi connectivity index (χ3v) is 15.2. The molecule has 0 saturated carbocycles. The second kappa shape index (κ2) is 21.5. The molecule has 0 aliphatic carbocycles. The topological polar surface area (TPSA) is 138 Å². The first-order valence-corrected chi connectivity index (χ1v) is 22.8. The Labute approximate surface area is 300 Å². The first-order valence-electron chi connectivity index (χ1n) is 18.4. The maximum absolute atomic E-state index is 14.1. The van der Waals surface area contributed by atoms with Crippen LogP contribution in [0.5, 0.6) is 0 Å². The van der Waals surface area contributed by atoms with Gasteiger partial charge in [0.05, 0.1) is 25.0 Å². The average Bonchev–Trinajstić information content (AvgIpc) is 3.41. The van der Waals surface area contributed by atoms with Gasteiger partial charge in [-0.05, 0) is 44.3 Å². The number of aromatic amines is 1. The summed E-state index contributed by atoms with van der Waals surface area (Å²) in [7, 11) is -6.91. The molecule has 1 aliphatic rings. The summed E-state index contributed by atoms with van der Waals surface area (Å²) in [6.07, 6.45) is 4.43. The van der Waals surface area contributed by atoms with E-state index >= 15 is 0 Å². The molecular formula is C34H61F4N2O9PSi. The number of halogens is 4.